The number of nitrogens with one attached hydrogen (secondary N) is 1. The molecule has 0 aliphatic rings. The summed E-state index contributed by atoms with van der Waals surface area (Å²) in [7, 11) is 0. The number of amides is 1. The molecule has 2 aromatic rings. The van der Waals surface area contributed by atoms with Gasteiger partial charge in [0, 0.05) is 12.5 Å². The quantitative estimate of drug-likeness (QED) is 0.922. The molecule has 0 saturated carbocycles. The van der Waals surface area contributed by atoms with Gasteiger partial charge in [0.05, 0.1) is 5.56 Å². The summed E-state index contributed by atoms with van der Waals surface area (Å²) in [5.74, 6) is 0.399. The summed E-state index contributed by atoms with van der Waals surface area (Å²) in [6.07, 6.45) is -4.41. The lowest BCUT2D eigenvalue weighted by Gasteiger charge is -2.09. The van der Waals surface area contributed by atoms with Crippen LogP contribution < -0.4 is 5.32 Å². The van der Waals surface area contributed by atoms with Crippen molar-refractivity contribution in [2.75, 3.05) is 0 Å². The van der Waals surface area contributed by atoms with Gasteiger partial charge < -0.3 is 9.73 Å². The van der Waals surface area contributed by atoms with Crippen molar-refractivity contribution in [3.8, 4) is 0 Å². The second-order valence-corrected chi connectivity index (χ2v) is 5.49. The van der Waals surface area contributed by atoms with Crippen molar-refractivity contribution in [3.05, 3.63) is 52.7 Å². The maximum absolute atomic E-state index is 12.7. The Morgan fingerprint density at radius 1 is 1.35 bits per heavy atom. The molecule has 1 amide bonds. The minimum absolute atomic E-state index is 0.0218. The van der Waals surface area contributed by atoms with Gasteiger partial charge in [-0.05, 0) is 24.6 Å². The summed E-state index contributed by atoms with van der Waals surface area (Å²) in [4.78, 5) is 16.2. The molecule has 2 rings (SSSR count). The molecule has 124 valence electrons. The first kappa shape index (κ1) is 17.1. The molecule has 1 N–H and O–H groups in total. The molecule has 4 nitrogen and oxygen atoms in total. The van der Waals surface area contributed by atoms with Gasteiger partial charge in [0.15, 0.2) is 11.6 Å². The van der Waals surface area contributed by atoms with E-state index in [1.807, 2.05) is 13.8 Å². The zero-order valence-electron chi connectivity index (χ0n) is 13.0. The Bertz CT molecular complexity index is 706. The van der Waals surface area contributed by atoms with Crippen molar-refractivity contribution < 1.29 is 22.4 Å². The van der Waals surface area contributed by atoms with Crippen LogP contribution in [0.25, 0.3) is 0 Å². The van der Waals surface area contributed by atoms with Gasteiger partial charge in [0.25, 0.3) is 5.91 Å². The van der Waals surface area contributed by atoms with E-state index in [0.717, 1.165) is 12.1 Å². The van der Waals surface area contributed by atoms with Crippen molar-refractivity contribution in [2.45, 2.75) is 39.4 Å². The zero-order chi connectivity index (χ0) is 17.2. The van der Waals surface area contributed by atoms with Crippen LogP contribution in [0.4, 0.5) is 13.2 Å². The van der Waals surface area contributed by atoms with Gasteiger partial charge in [-0.1, -0.05) is 26.0 Å². The van der Waals surface area contributed by atoms with Crippen LogP contribution in [0.2, 0.25) is 0 Å². The fraction of sp³-hybridized carbons (Fsp3) is 0.375. The minimum Gasteiger partial charge on any atom is -0.445 e. The predicted molar refractivity (Wildman–Crippen MR) is 77.9 cm³/mol. The number of hydrogen-bond acceptors (Lipinski definition) is 3. The van der Waals surface area contributed by atoms with Crippen molar-refractivity contribution >= 4 is 5.91 Å². The van der Waals surface area contributed by atoms with E-state index in [1.165, 1.54) is 12.1 Å². The summed E-state index contributed by atoms with van der Waals surface area (Å²) in [5, 5.41) is 2.56. The van der Waals surface area contributed by atoms with E-state index in [2.05, 4.69) is 10.3 Å². The van der Waals surface area contributed by atoms with Crippen LogP contribution in [0.5, 0.6) is 0 Å². The number of oxazole rings is 1. The number of benzene rings is 1. The molecule has 23 heavy (non-hydrogen) atoms. The van der Waals surface area contributed by atoms with Gasteiger partial charge in [-0.15, -0.1) is 0 Å². The van der Waals surface area contributed by atoms with Crippen LogP contribution in [-0.2, 0) is 12.7 Å². The van der Waals surface area contributed by atoms with Crippen molar-refractivity contribution in [1.29, 1.82) is 0 Å². The van der Waals surface area contributed by atoms with E-state index >= 15 is 0 Å². The van der Waals surface area contributed by atoms with Gasteiger partial charge in [-0.2, -0.15) is 13.2 Å². The molecule has 0 unspecified atom stereocenters. The lowest BCUT2D eigenvalue weighted by molar-refractivity contribution is -0.137. The first-order valence-corrected chi connectivity index (χ1v) is 7.10. The van der Waals surface area contributed by atoms with E-state index in [4.69, 9.17) is 4.42 Å². The highest BCUT2D eigenvalue weighted by atomic mass is 19.4. The molecule has 0 atom stereocenters. The van der Waals surface area contributed by atoms with E-state index in [1.54, 1.807) is 6.92 Å². The lowest BCUT2D eigenvalue weighted by Crippen LogP contribution is -2.24. The Kier molecular flexibility index (Phi) is 4.77. The maximum atomic E-state index is 12.7. The molecule has 0 aliphatic carbocycles. The summed E-state index contributed by atoms with van der Waals surface area (Å²) in [5.41, 5.74) is -0.233. The molecule has 0 radical (unpaired) electrons. The van der Waals surface area contributed by atoms with Crippen molar-refractivity contribution in [3.63, 3.8) is 0 Å². The number of carbonyl (C=O) groups is 1. The summed E-state index contributed by atoms with van der Waals surface area (Å²) < 4.78 is 43.4. The largest absolute Gasteiger partial charge is 0.445 e. The number of hydrogen-bond donors (Lipinski definition) is 1. The standard InChI is InChI=1S/C16H17F3N2O2/c1-9(2)15-21-13(10(3)23-15)14(22)20-8-11-5-4-6-12(7-11)16(17,18)19/h4-7,9H,8H2,1-3H3,(H,20,22). The Balaban J connectivity index is 2.08. The van der Waals surface area contributed by atoms with Crippen LogP contribution >= 0.6 is 0 Å². The lowest BCUT2D eigenvalue weighted by atomic mass is 10.1. The van der Waals surface area contributed by atoms with Gasteiger partial charge in [-0.3, -0.25) is 4.79 Å². The highest BCUT2D eigenvalue weighted by Crippen LogP contribution is 2.29. The fourth-order valence-electron chi connectivity index (χ4n) is 2.00. The number of carbonyl (C=O) groups excluding carboxylic acids is 1. The smallest absolute Gasteiger partial charge is 0.416 e. The second kappa shape index (κ2) is 6.44. The normalized spacial score (nSPS) is 11.8. The Morgan fingerprint density at radius 2 is 2.04 bits per heavy atom. The van der Waals surface area contributed by atoms with Crippen LogP contribution in [0.1, 0.15) is 53.0 Å². The third kappa shape index (κ3) is 4.12. The van der Waals surface area contributed by atoms with E-state index < -0.39 is 17.6 Å². The van der Waals surface area contributed by atoms with Crippen molar-refractivity contribution in [1.82, 2.24) is 10.3 Å². The molecule has 7 heteroatoms. The highest BCUT2D eigenvalue weighted by Gasteiger charge is 2.30. The Hall–Kier alpha value is -2.31. The fourth-order valence-corrected chi connectivity index (χ4v) is 2.00. The van der Waals surface area contributed by atoms with Gasteiger partial charge in [-0.25, -0.2) is 4.98 Å². The number of aromatic nitrogens is 1. The first-order chi connectivity index (χ1) is 10.7. The molecule has 1 heterocycles. The van der Waals surface area contributed by atoms with Crippen LogP contribution in [0.15, 0.2) is 28.7 Å². The average molecular weight is 326 g/mol. The molecular weight excluding hydrogens is 309 g/mol. The maximum Gasteiger partial charge on any atom is 0.416 e. The monoisotopic (exact) mass is 326 g/mol. The number of rotatable bonds is 4. The molecular formula is C16H17F3N2O2. The SMILES string of the molecule is Cc1oc(C(C)C)nc1C(=O)NCc1cccc(C(F)(F)F)c1. The number of aryl methyl sites for hydroxylation is 1. The van der Waals surface area contributed by atoms with E-state index in [0.29, 0.717) is 17.2 Å². The summed E-state index contributed by atoms with van der Waals surface area (Å²) in [6.45, 7) is 5.37. The number of halogens is 3. The average Bonchev–Trinajstić information content (AvgIpc) is 2.86. The molecule has 0 aliphatic heterocycles. The van der Waals surface area contributed by atoms with Crippen LogP contribution in [-0.4, -0.2) is 10.9 Å². The number of alkyl halides is 3. The topological polar surface area (TPSA) is 55.1 Å². The Labute approximate surface area is 131 Å². The second-order valence-electron chi connectivity index (χ2n) is 5.49. The summed E-state index contributed by atoms with van der Waals surface area (Å²) >= 11 is 0. The van der Waals surface area contributed by atoms with Gasteiger partial charge >= 0.3 is 6.18 Å². The van der Waals surface area contributed by atoms with Crippen LogP contribution in [0.3, 0.4) is 0 Å². The molecule has 1 aromatic carbocycles. The van der Waals surface area contributed by atoms with Gasteiger partial charge in [0.1, 0.15) is 5.76 Å². The molecule has 0 saturated heterocycles. The van der Waals surface area contributed by atoms with E-state index in [9.17, 15) is 18.0 Å². The molecule has 0 bridgehead atoms. The van der Waals surface area contributed by atoms with Crippen molar-refractivity contribution in [2.24, 2.45) is 0 Å². The van der Waals surface area contributed by atoms with Crippen LogP contribution in [0, 0.1) is 6.92 Å². The molecule has 1 aromatic heterocycles. The third-order valence-corrected chi connectivity index (χ3v) is 3.23. The third-order valence-electron chi connectivity index (χ3n) is 3.23. The highest BCUT2D eigenvalue weighted by molar-refractivity contribution is 5.93. The summed E-state index contributed by atoms with van der Waals surface area (Å²) in [6, 6.07) is 4.82. The minimum atomic E-state index is -4.41. The predicted octanol–water partition coefficient (Wildman–Crippen LogP) is 4.06. The number of nitrogens with zero attached hydrogens (tertiary/aromatic N) is 1. The van der Waals surface area contributed by atoms with E-state index in [-0.39, 0.29) is 18.2 Å². The molecule has 0 spiro atoms. The van der Waals surface area contributed by atoms with Gasteiger partial charge in [0.2, 0.25) is 0 Å². The molecule has 0 fully saturated rings. The zero-order valence-corrected chi connectivity index (χ0v) is 13.0. The first-order valence-electron chi connectivity index (χ1n) is 7.10. The Morgan fingerprint density at radius 3 is 2.61 bits per heavy atom.